The molecule has 2 aliphatic rings. The largest absolute Gasteiger partial charge is 0.486 e. The number of nitro groups is 1. The molecule has 0 bridgehead atoms. The quantitative estimate of drug-likeness (QED) is 0.495. The number of hydrogen-bond acceptors (Lipinski definition) is 7. The van der Waals surface area contributed by atoms with Crippen LogP contribution in [0.4, 0.5) is 11.4 Å². The summed E-state index contributed by atoms with van der Waals surface area (Å²) in [6.07, 6.45) is 2.60. The molecule has 0 aliphatic carbocycles. The fraction of sp³-hybridized carbons (Fsp3) is 0.429. The first-order valence-electron chi connectivity index (χ1n) is 10.2. The van der Waals surface area contributed by atoms with Crippen molar-refractivity contribution in [1.82, 2.24) is 4.31 Å². The van der Waals surface area contributed by atoms with E-state index in [0.29, 0.717) is 50.0 Å². The standard InChI is InChI=1S/C21H25N3O6S/c1-22(15-16-5-8-20-21(13-16)30-12-11-29-20)18-7-6-17(14-19(18)24(25)26)31(27,28)23-9-3-2-4-10-23/h5-8,13-14H,2-4,9-12,15H2,1H3. The number of nitro benzene ring substituents is 1. The van der Waals surface area contributed by atoms with Crippen LogP contribution in [0.5, 0.6) is 11.5 Å². The van der Waals surface area contributed by atoms with E-state index in [1.807, 2.05) is 18.2 Å². The smallest absolute Gasteiger partial charge is 0.293 e. The van der Waals surface area contributed by atoms with Crippen molar-refractivity contribution in [1.29, 1.82) is 0 Å². The third-order valence-corrected chi connectivity index (χ3v) is 7.43. The molecule has 4 rings (SSSR count). The minimum absolute atomic E-state index is 0.0439. The van der Waals surface area contributed by atoms with Crippen molar-refractivity contribution < 1.29 is 22.8 Å². The van der Waals surface area contributed by atoms with Gasteiger partial charge in [-0.25, -0.2) is 8.42 Å². The number of anilines is 1. The molecular weight excluding hydrogens is 422 g/mol. The van der Waals surface area contributed by atoms with E-state index in [0.717, 1.165) is 24.8 Å². The van der Waals surface area contributed by atoms with Crippen molar-refractivity contribution in [2.45, 2.75) is 30.7 Å². The molecule has 31 heavy (non-hydrogen) atoms. The summed E-state index contributed by atoms with van der Waals surface area (Å²) in [4.78, 5) is 12.9. The van der Waals surface area contributed by atoms with Gasteiger partial charge in [-0.05, 0) is 42.7 Å². The molecule has 1 fully saturated rings. The maximum absolute atomic E-state index is 12.9. The lowest BCUT2D eigenvalue weighted by Crippen LogP contribution is -2.35. The second-order valence-corrected chi connectivity index (χ2v) is 9.64. The normalized spacial score (nSPS) is 16.7. The molecule has 0 unspecified atom stereocenters. The van der Waals surface area contributed by atoms with Crippen molar-refractivity contribution in [2.75, 3.05) is 38.3 Å². The Hall–Kier alpha value is -2.85. The second-order valence-electron chi connectivity index (χ2n) is 7.71. The molecule has 2 aromatic carbocycles. The van der Waals surface area contributed by atoms with Gasteiger partial charge in [0, 0.05) is 32.7 Å². The summed E-state index contributed by atoms with van der Waals surface area (Å²) < 4.78 is 38.4. The molecule has 9 nitrogen and oxygen atoms in total. The van der Waals surface area contributed by atoms with Crippen molar-refractivity contribution in [3.63, 3.8) is 0 Å². The summed E-state index contributed by atoms with van der Waals surface area (Å²) in [6, 6.07) is 9.68. The summed E-state index contributed by atoms with van der Waals surface area (Å²) in [5.74, 6) is 1.32. The Morgan fingerprint density at radius 2 is 1.74 bits per heavy atom. The fourth-order valence-corrected chi connectivity index (χ4v) is 5.47. The van der Waals surface area contributed by atoms with E-state index < -0.39 is 14.9 Å². The SMILES string of the molecule is CN(Cc1ccc2c(c1)OCCO2)c1ccc(S(=O)(=O)N2CCCCC2)cc1[N+](=O)[O-]. The van der Waals surface area contributed by atoms with Crippen LogP contribution in [0.2, 0.25) is 0 Å². The molecule has 1 saturated heterocycles. The van der Waals surface area contributed by atoms with E-state index in [9.17, 15) is 18.5 Å². The molecule has 0 amide bonds. The predicted molar refractivity (Wildman–Crippen MR) is 115 cm³/mol. The third kappa shape index (κ3) is 4.45. The zero-order valence-corrected chi connectivity index (χ0v) is 18.1. The van der Waals surface area contributed by atoms with Crippen LogP contribution < -0.4 is 14.4 Å². The zero-order chi connectivity index (χ0) is 22.0. The Kier molecular flexibility index (Phi) is 6.01. The van der Waals surface area contributed by atoms with Crippen molar-refractivity contribution in [2.24, 2.45) is 0 Å². The maximum atomic E-state index is 12.9. The summed E-state index contributed by atoms with van der Waals surface area (Å²) in [7, 11) is -2.02. The number of rotatable bonds is 6. The van der Waals surface area contributed by atoms with Gasteiger partial charge in [-0.15, -0.1) is 0 Å². The number of benzene rings is 2. The highest BCUT2D eigenvalue weighted by Crippen LogP contribution is 2.34. The monoisotopic (exact) mass is 447 g/mol. The van der Waals surface area contributed by atoms with Crippen molar-refractivity contribution in [3.05, 3.63) is 52.1 Å². The van der Waals surface area contributed by atoms with Gasteiger partial charge in [-0.1, -0.05) is 12.5 Å². The van der Waals surface area contributed by atoms with Gasteiger partial charge in [0.05, 0.1) is 9.82 Å². The van der Waals surface area contributed by atoms with Gasteiger partial charge in [0.2, 0.25) is 10.0 Å². The Morgan fingerprint density at radius 1 is 1.03 bits per heavy atom. The number of piperidine rings is 1. The molecule has 166 valence electrons. The van der Waals surface area contributed by atoms with Crippen LogP contribution in [0.1, 0.15) is 24.8 Å². The number of nitrogens with zero attached hydrogens (tertiary/aromatic N) is 3. The van der Waals surface area contributed by atoms with Gasteiger partial charge in [0.1, 0.15) is 18.9 Å². The van der Waals surface area contributed by atoms with E-state index in [1.165, 1.54) is 22.5 Å². The molecule has 10 heteroatoms. The van der Waals surface area contributed by atoms with Gasteiger partial charge in [0.25, 0.3) is 5.69 Å². The third-order valence-electron chi connectivity index (χ3n) is 5.53. The van der Waals surface area contributed by atoms with E-state index >= 15 is 0 Å². The van der Waals surface area contributed by atoms with Crippen LogP contribution in [0.25, 0.3) is 0 Å². The topological polar surface area (TPSA) is 102 Å². The molecule has 2 aliphatic heterocycles. The molecule has 0 aromatic heterocycles. The van der Waals surface area contributed by atoms with Crippen LogP contribution >= 0.6 is 0 Å². The van der Waals surface area contributed by atoms with Crippen molar-refractivity contribution >= 4 is 21.4 Å². The highest BCUT2D eigenvalue weighted by atomic mass is 32.2. The second kappa shape index (κ2) is 8.72. The first kappa shape index (κ1) is 21.4. The van der Waals surface area contributed by atoms with Crippen LogP contribution in [0, 0.1) is 10.1 Å². The van der Waals surface area contributed by atoms with Crippen LogP contribution in [0.3, 0.4) is 0 Å². The Bertz CT molecular complexity index is 1080. The van der Waals surface area contributed by atoms with Crippen molar-refractivity contribution in [3.8, 4) is 11.5 Å². The van der Waals surface area contributed by atoms with E-state index in [-0.39, 0.29) is 10.6 Å². The van der Waals surface area contributed by atoms with Gasteiger partial charge in [-0.2, -0.15) is 4.31 Å². The molecule has 0 atom stereocenters. The number of sulfonamides is 1. The van der Waals surface area contributed by atoms with E-state index in [2.05, 4.69) is 0 Å². The number of fused-ring (bicyclic) bond motifs is 1. The molecule has 0 saturated carbocycles. The lowest BCUT2D eigenvalue weighted by Gasteiger charge is -2.26. The summed E-state index contributed by atoms with van der Waals surface area (Å²) in [5, 5.41) is 11.8. The van der Waals surface area contributed by atoms with Gasteiger partial charge < -0.3 is 14.4 Å². The average Bonchev–Trinajstić information content (AvgIpc) is 2.79. The summed E-state index contributed by atoms with van der Waals surface area (Å²) >= 11 is 0. The molecule has 2 aromatic rings. The van der Waals surface area contributed by atoms with Gasteiger partial charge in [0.15, 0.2) is 11.5 Å². The van der Waals surface area contributed by atoms with Gasteiger partial charge >= 0.3 is 0 Å². The molecular formula is C21H25N3O6S. The lowest BCUT2D eigenvalue weighted by molar-refractivity contribution is -0.384. The summed E-state index contributed by atoms with van der Waals surface area (Å²) in [6.45, 7) is 2.26. The molecule has 0 N–H and O–H groups in total. The number of hydrogen-bond donors (Lipinski definition) is 0. The Labute approximate surface area is 181 Å². The summed E-state index contributed by atoms with van der Waals surface area (Å²) in [5.41, 5.74) is 1.00. The minimum Gasteiger partial charge on any atom is -0.486 e. The maximum Gasteiger partial charge on any atom is 0.293 e. The van der Waals surface area contributed by atoms with Crippen LogP contribution in [-0.4, -0.2) is 51.0 Å². The highest BCUT2D eigenvalue weighted by Gasteiger charge is 2.29. The van der Waals surface area contributed by atoms with Gasteiger partial charge in [-0.3, -0.25) is 10.1 Å². The van der Waals surface area contributed by atoms with Crippen LogP contribution in [-0.2, 0) is 16.6 Å². The first-order valence-corrected chi connectivity index (χ1v) is 11.7. The lowest BCUT2D eigenvalue weighted by atomic mass is 10.1. The van der Waals surface area contributed by atoms with E-state index in [4.69, 9.17) is 9.47 Å². The Balaban J connectivity index is 1.60. The van der Waals surface area contributed by atoms with E-state index in [1.54, 1.807) is 11.9 Å². The molecule has 0 spiro atoms. The fourth-order valence-electron chi connectivity index (χ4n) is 3.93. The highest BCUT2D eigenvalue weighted by molar-refractivity contribution is 7.89. The predicted octanol–water partition coefficient (Wildman–Crippen LogP) is 3.18. The molecule has 2 heterocycles. The molecule has 0 radical (unpaired) electrons. The first-order chi connectivity index (χ1) is 14.9. The van der Waals surface area contributed by atoms with Crippen LogP contribution in [0.15, 0.2) is 41.3 Å². The number of ether oxygens (including phenoxy) is 2. The minimum atomic E-state index is -3.75. The Morgan fingerprint density at radius 3 is 2.45 bits per heavy atom. The zero-order valence-electron chi connectivity index (χ0n) is 17.3. The average molecular weight is 448 g/mol.